The van der Waals surface area contributed by atoms with Gasteiger partial charge in [-0.3, -0.25) is 0 Å². The van der Waals surface area contributed by atoms with E-state index in [9.17, 15) is 4.79 Å². The number of nitrogens with one attached hydrogen (secondary N) is 1. The van der Waals surface area contributed by atoms with E-state index in [2.05, 4.69) is 15.2 Å². The molecular weight excluding hydrogens is 437 g/mol. The number of aryl methyl sites for hydroxylation is 1. The molecule has 1 saturated heterocycles. The highest BCUT2D eigenvalue weighted by molar-refractivity contribution is 14.0. The lowest BCUT2D eigenvalue weighted by Crippen LogP contribution is -2.40. The summed E-state index contributed by atoms with van der Waals surface area (Å²) in [7, 11) is 3.10. The number of carbonyl (C=O) groups excluding carboxylic acids is 1. The molecule has 1 N–H and O–H groups in total. The quantitative estimate of drug-likeness (QED) is 0.301. The molecule has 1 aliphatic heterocycles. The highest BCUT2D eigenvalue weighted by Gasteiger charge is 2.24. The molecule has 1 aromatic heterocycles. The number of ether oxygens (including phenoxy) is 2. The number of hydrogen-bond donors (Lipinski definition) is 1. The van der Waals surface area contributed by atoms with Gasteiger partial charge in [-0.15, -0.1) is 24.0 Å². The molecule has 0 amide bonds. The number of nitrogens with zero attached hydrogens (tertiary/aromatic N) is 2. The maximum atomic E-state index is 11.6. The van der Waals surface area contributed by atoms with Crippen molar-refractivity contribution in [1.29, 1.82) is 0 Å². The van der Waals surface area contributed by atoms with Gasteiger partial charge in [0.2, 0.25) is 0 Å². The summed E-state index contributed by atoms with van der Waals surface area (Å²) < 4.78 is 15.6. The van der Waals surface area contributed by atoms with Crippen molar-refractivity contribution < 1.29 is 18.7 Å². The molecule has 1 unspecified atom stereocenters. The molecule has 8 heteroatoms. The number of esters is 1. The third-order valence-electron chi connectivity index (χ3n) is 4.08. The Balaban J connectivity index is 0.00000312. The molecule has 0 aliphatic carbocycles. The van der Waals surface area contributed by atoms with Crippen molar-refractivity contribution >= 4 is 35.9 Å². The second kappa shape index (κ2) is 10.6. The molecule has 1 aliphatic rings. The van der Waals surface area contributed by atoms with E-state index in [-0.39, 0.29) is 29.9 Å². The van der Waals surface area contributed by atoms with Gasteiger partial charge in [-0.05, 0) is 26.3 Å². The van der Waals surface area contributed by atoms with E-state index in [1.165, 1.54) is 7.11 Å². The van der Waals surface area contributed by atoms with Crippen LogP contribution in [-0.4, -0.2) is 57.3 Å². The maximum Gasteiger partial charge on any atom is 0.341 e. The number of rotatable bonds is 6. The highest BCUT2D eigenvalue weighted by atomic mass is 127. The van der Waals surface area contributed by atoms with Crippen LogP contribution in [0.15, 0.2) is 15.5 Å². The molecule has 142 valence electrons. The number of halogens is 1. The van der Waals surface area contributed by atoms with Gasteiger partial charge in [0.15, 0.2) is 5.96 Å². The number of methoxy groups -OCH3 is 2. The first-order valence-corrected chi connectivity index (χ1v) is 8.28. The van der Waals surface area contributed by atoms with Crippen LogP contribution in [0.1, 0.15) is 35.2 Å². The van der Waals surface area contributed by atoms with E-state index in [1.54, 1.807) is 20.1 Å². The third-order valence-corrected chi connectivity index (χ3v) is 4.08. The summed E-state index contributed by atoms with van der Waals surface area (Å²) in [5.74, 6) is 2.22. The molecule has 1 fully saturated rings. The predicted octanol–water partition coefficient (Wildman–Crippen LogP) is 2.43. The van der Waals surface area contributed by atoms with Crippen LogP contribution in [0, 0.1) is 12.8 Å². The van der Waals surface area contributed by atoms with Gasteiger partial charge in [-0.2, -0.15) is 0 Å². The Hall–Kier alpha value is -1.29. The lowest BCUT2D eigenvalue weighted by Gasteiger charge is -2.21. The summed E-state index contributed by atoms with van der Waals surface area (Å²) in [5.41, 5.74) is 0.453. The van der Waals surface area contributed by atoms with Crippen molar-refractivity contribution in [3.8, 4) is 0 Å². The second-order valence-corrected chi connectivity index (χ2v) is 5.90. The van der Waals surface area contributed by atoms with Gasteiger partial charge in [0.25, 0.3) is 0 Å². The van der Waals surface area contributed by atoms with Crippen molar-refractivity contribution in [3.05, 3.63) is 23.2 Å². The number of carbonyl (C=O) groups is 1. The fraction of sp³-hybridized carbons (Fsp3) is 0.647. The smallest absolute Gasteiger partial charge is 0.341 e. The first kappa shape index (κ1) is 21.8. The van der Waals surface area contributed by atoms with Gasteiger partial charge >= 0.3 is 5.97 Å². The minimum Gasteiger partial charge on any atom is -0.465 e. The van der Waals surface area contributed by atoms with Crippen LogP contribution in [0.3, 0.4) is 0 Å². The van der Waals surface area contributed by atoms with Crippen LogP contribution in [0.25, 0.3) is 0 Å². The Morgan fingerprint density at radius 2 is 2.24 bits per heavy atom. The molecule has 1 atom stereocenters. The monoisotopic (exact) mass is 465 g/mol. The van der Waals surface area contributed by atoms with Crippen molar-refractivity contribution in [2.24, 2.45) is 10.9 Å². The fourth-order valence-corrected chi connectivity index (χ4v) is 2.91. The van der Waals surface area contributed by atoms with E-state index >= 15 is 0 Å². The summed E-state index contributed by atoms with van der Waals surface area (Å²) in [6.45, 7) is 7.65. The topological polar surface area (TPSA) is 76.3 Å². The zero-order valence-electron chi connectivity index (χ0n) is 15.3. The van der Waals surface area contributed by atoms with Crippen LogP contribution in [0.5, 0.6) is 0 Å². The molecule has 0 radical (unpaired) electrons. The third kappa shape index (κ3) is 5.88. The van der Waals surface area contributed by atoms with Gasteiger partial charge < -0.3 is 24.1 Å². The first-order chi connectivity index (χ1) is 11.6. The zero-order valence-corrected chi connectivity index (χ0v) is 17.7. The van der Waals surface area contributed by atoms with Crippen molar-refractivity contribution in [2.45, 2.75) is 26.8 Å². The SMILES string of the molecule is CCNC(=NCc1cc(C(=O)OC)c(C)o1)N1CCC(COC)C1.I. The lowest BCUT2D eigenvalue weighted by atomic mass is 10.1. The number of aliphatic imine (C=N–C) groups is 1. The number of hydrogen-bond acceptors (Lipinski definition) is 5. The molecule has 2 rings (SSSR count). The van der Waals surface area contributed by atoms with E-state index in [0.717, 1.165) is 38.6 Å². The van der Waals surface area contributed by atoms with Crippen molar-refractivity contribution in [1.82, 2.24) is 10.2 Å². The first-order valence-electron chi connectivity index (χ1n) is 8.28. The molecule has 0 saturated carbocycles. The maximum absolute atomic E-state index is 11.6. The second-order valence-electron chi connectivity index (χ2n) is 5.90. The average molecular weight is 465 g/mol. The summed E-state index contributed by atoms with van der Waals surface area (Å²) in [6.07, 6.45) is 1.10. The Kier molecular flexibility index (Phi) is 9.26. The Morgan fingerprint density at radius 1 is 1.48 bits per heavy atom. The van der Waals surface area contributed by atoms with Crippen LogP contribution >= 0.6 is 24.0 Å². The van der Waals surface area contributed by atoms with Gasteiger partial charge in [0.05, 0.1) is 13.7 Å². The van der Waals surface area contributed by atoms with E-state index in [4.69, 9.17) is 13.9 Å². The highest BCUT2D eigenvalue weighted by Crippen LogP contribution is 2.18. The Labute approximate surface area is 166 Å². The molecular formula is C17H28IN3O4. The number of likely N-dealkylation sites (tertiary alicyclic amines) is 1. The summed E-state index contributed by atoms with van der Waals surface area (Å²) in [6, 6.07) is 1.70. The summed E-state index contributed by atoms with van der Waals surface area (Å²) >= 11 is 0. The Bertz CT molecular complexity index is 588. The minimum absolute atomic E-state index is 0. The Morgan fingerprint density at radius 3 is 2.88 bits per heavy atom. The van der Waals surface area contributed by atoms with Gasteiger partial charge in [0.1, 0.15) is 23.6 Å². The molecule has 25 heavy (non-hydrogen) atoms. The number of furan rings is 1. The molecule has 7 nitrogen and oxygen atoms in total. The van der Waals surface area contributed by atoms with Gasteiger partial charge in [-0.25, -0.2) is 9.79 Å². The van der Waals surface area contributed by atoms with Crippen LogP contribution in [-0.2, 0) is 16.0 Å². The van der Waals surface area contributed by atoms with Crippen LogP contribution in [0.2, 0.25) is 0 Å². The largest absolute Gasteiger partial charge is 0.465 e. The van der Waals surface area contributed by atoms with E-state index in [1.807, 2.05) is 6.92 Å². The molecule has 0 bridgehead atoms. The molecule has 0 spiro atoms. The normalized spacial score (nSPS) is 17.4. The zero-order chi connectivity index (χ0) is 17.5. The van der Waals surface area contributed by atoms with Crippen LogP contribution < -0.4 is 5.32 Å². The average Bonchev–Trinajstić information content (AvgIpc) is 3.18. The van der Waals surface area contributed by atoms with Crippen molar-refractivity contribution in [2.75, 3.05) is 40.5 Å². The fourth-order valence-electron chi connectivity index (χ4n) is 2.91. The lowest BCUT2D eigenvalue weighted by molar-refractivity contribution is 0.0599. The summed E-state index contributed by atoms with van der Waals surface area (Å²) in [4.78, 5) is 18.5. The summed E-state index contributed by atoms with van der Waals surface area (Å²) in [5, 5.41) is 3.31. The van der Waals surface area contributed by atoms with Gasteiger partial charge in [-0.1, -0.05) is 0 Å². The van der Waals surface area contributed by atoms with E-state index < -0.39 is 0 Å². The van der Waals surface area contributed by atoms with Gasteiger partial charge in [0, 0.05) is 32.7 Å². The standard InChI is InChI=1S/C17H27N3O4.HI/c1-5-18-17(20-7-6-13(10-20)11-22-3)19-9-14-8-15(12(2)24-14)16(21)23-4;/h8,13H,5-7,9-11H2,1-4H3,(H,18,19);1H. The van der Waals surface area contributed by atoms with E-state index in [0.29, 0.717) is 29.5 Å². The van der Waals surface area contributed by atoms with Crippen LogP contribution in [0.4, 0.5) is 0 Å². The predicted molar refractivity (Wildman–Crippen MR) is 107 cm³/mol. The molecule has 0 aromatic carbocycles. The molecule has 2 heterocycles. The number of guanidine groups is 1. The van der Waals surface area contributed by atoms with Crippen molar-refractivity contribution in [3.63, 3.8) is 0 Å². The molecule has 1 aromatic rings. The minimum atomic E-state index is -0.389.